The van der Waals surface area contributed by atoms with E-state index in [1.54, 1.807) is 37.3 Å². The van der Waals surface area contributed by atoms with E-state index in [0.29, 0.717) is 18.8 Å². The van der Waals surface area contributed by atoms with Crippen LogP contribution in [0.15, 0.2) is 37.2 Å². The van der Waals surface area contributed by atoms with Gasteiger partial charge >= 0.3 is 5.97 Å². The third-order valence-corrected chi connectivity index (χ3v) is 2.23. The van der Waals surface area contributed by atoms with Crippen LogP contribution in [0.2, 0.25) is 0 Å². The van der Waals surface area contributed by atoms with Crippen LogP contribution in [0.25, 0.3) is 0 Å². The van der Waals surface area contributed by atoms with Crippen molar-refractivity contribution < 1.29 is 9.53 Å². The number of hydrogen-bond acceptors (Lipinski definition) is 5. The average Bonchev–Trinajstić information content (AvgIpc) is 2.82. The number of esters is 1. The largest absolute Gasteiger partial charge is 0.461 e. The molecule has 0 unspecified atom stereocenters. The van der Waals surface area contributed by atoms with Crippen molar-refractivity contribution in [1.29, 1.82) is 0 Å². The Bertz CT molecular complexity index is 437. The highest BCUT2D eigenvalue weighted by Gasteiger charge is 2.13. The van der Waals surface area contributed by atoms with E-state index in [0.717, 1.165) is 5.70 Å². The van der Waals surface area contributed by atoms with E-state index in [2.05, 4.69) is 22.2 Å². The minimum atomic E-state index is -0.373. The van der Waals surface area contributed by atoms with Crippen LogP contribution in [0.3, 0.4) is 0 Å². The first kappa shape index (κ1) is 13.8. The topological polar surface area (TPSA) is 68.2 Å². The molecule has 1 aromatic rings. The van der Waals surface area contributed by atoms with E-state index >= 15 is 0 Å². The minimum Gasteiger partial charge on any atom is -0.461 e. The van der Waals surface area contributed by atoms with E-state index in [1.807, 2.05) is 0 Å². The quantitative estimate of drug-likeness (QED) is 0.702. The Morgan fingerprint density at radius 1 is 1.67 bits per heavy atom. The number of imidazole rings is 1. The molecular weight excluding hydrogens is 232 g/mol. The Kier molecular flexibility index (Phi) is 5.50. The Morgan fingerprint density at radius 2 is 2.44 bits per heavy atom. The van der Waals surface area contributed by atoms with Gasteiger partial charge in [0.25, 0.3) is 0 Å². The SMILES string of the molecule is C=CN/C=C(/Cn1cncc1C(=O)OCC)NC. The smallest absolute Gasteiger partial charge is 0.356 e. The van der Waals surface area contributed by atoms with Crippen LogP contribution in [0, 0.1) is 0 Å². The Morgan fingerprint density at radius 3 is 3.06 bits per heavy atom. The maximum atomic E-state index is 11.7. The summed E-state index contributed by atoms with van der Waals surface area (Å²) in [7, 11) is 1.80. The summed E-state index contributed by atoms with van der Waals surface area (Å²) in [6, 6.07) is 0. The molecule has 98 valence electrons. The zero-order chi connectivity index (χ0) is 13.4. The monoisotopic (exact) mass is 250 g/mol. The standard InChI is InChI=1S/C12H18N4O2/c1-4-14-6-10(13-3)8-16-9-15-7-11(16)12(17)18-5-2/h4,6-7,9,13-14H,1,5,8H2,2-3H3/b10-6-. The van der Waals surface area contributed by atoms with Crippen molar-refractivity contribution in [3.05, 3.63) is 42.9 Å². The Hall–Kier alpha value is -2.24. The first-order valence-electron chi connectivity index (χ1n) is 5.63. The third-order valence-electron chi connectivity index (χ3n) is 2.23. The van der Waals surface area contributed by atoms with Gasteiger partial charge in [-0.2, -0.15) is 0 Å². The fraction of sp³-hybridized carbons (Fsp3) is 0.333. The first-order valence-corrected chi connectivity index (χ1v) is 5.63. The fourth-order valence-corrected chi connectivity index (χ4v) is 1.36. The summed E-state index contributed by atoms with van der Waals surface area (Å²) in [5.74, 6) is -0.373. The lowest BCUT2D eigenvalue weighted by Gasteiger charge is -2.10. The highest BCUT2D eigenvalue weighted by atomic mass is 16.5. The predicted octanol–water partition coefficient (Wildman–Crippen LogP) is 0.854. The molecule has 0 fully saturated rings. The second-order valence-electron chi connectivity index (χ2n) is 3.42. The summed E-state index contributed by atoms with van der Waals surface area (Å²) in [4.78, 5) is 15.6. The highest BCUT2D eigenvalue weighted by molar-refractivity contribution is 5.87. The zero-order valence-corrected chi connectivity index (χ0v) is 10.6. The molecule has 0 amide bonds. The molecule has 1 rings (SSSR count). The number of nitrogens with one attached hydrogen (secondary N) is 2. The van der Waals surface area contributed by atoms with Crippen molar-refractivity contribution in [3.8, 4) is 0 Å². The van der Waals surface area contributed by atoms with Crippen molar-refractivity contribution >= 4 is 5.97 Å². The van der Waals surface area contributed by atoms with Crippen molar-refractivity contribution in [2.75, 3.05) is 13.7 Å². The van der Waals surface area contributed by atoms with E-state index in [4.69, 9.17) is 4.74 Å². The van der Waals surface area contributed by atoms with Crippen LogP contribution in [0.4, 0.5) is 0 Å². The summed E-state index contributed by atoms with van der Waals surface area (Å²) in [5.41, 5.74) is 1.31. The molecule has 6 nitrogen and oxygen atoms in total. The normalized spacial score (nSPS) is 10.9. The van der Waals surface area contributed by atoms with Gasteiger partial charge in [0.2, 0.25) is 0 Å². The molecule has 2 N–H and O–H groups in total. The maximum Gasteiger partial charge on any atom is 0.356 e. The van der Waals surface area contributed by atoms with Crippen LogP contribution in [-0.2, 0) is 11.3 Å². The molecule has 0 aliphatic carbocycles. The molecule has 0 aromatic carbocycles. The lowest BCUT2D eigenvalue weighted by atomic mass is 10.4. The molecule has 0 saturated carbocycles. The third kappa shape index (κ3) is 3.65. The van der Waals surface area contributed by atoms with E-state index in [9.17, 15) is 4.79 Å². The summed E-state index contributed by atoms with van der Waals surface area (Å²) in [5, 5.41) is 5.90. The molecule has 18 heavy (non-hydrogen) atoms. The lowest BCUT2D eigenvalue weighted by Crippen LogP contribution is -2.18. The van der Waals surface area contributed by atoms with Gasteiger partial charge in [-0.1, -0.05) is 6.58 Å². The summed E-state index contributed by atoms with van der Waals surface area (Å²) in [6.07, 6.45) is 6.41. The van der Waals surface area contributed by atoms with Crippen molar-refractivity contribution in [2.45, 2.75) is 13.5 Å². The number of rotatable bonds is 7. The van der Waals surface area contributed by atoms with Crippen LogP contribution in [0.5, 0.6) is 0 Å². The molecule has 0 atom stereocenters. The number of aromatic nitrogens is 2. The number of ether oxygens (including phenoxy) is 1. The van der Waals surface area contributed by atoms with Gasteiger partial charge in [0, 0.05) is 18.9 Å². The molecule has 0 aliphatic heterocycles. The first-order chi connectivity index (χ1) is 8.72. The summed E-state index contributed by atoms with van der Waals surface area (Å²) >= 11 is 0. The van der Waals surface area contributed by atoms with E-state index in [1.165, 1.54) is 6.20 Å². The molecule has 1 aromatic heterocycles. The molecule has 1 heterocycles. The summed E-state index contributed by atoms with van der Waals surface area (Å²) < 4.78 is 6.67. The second-order valence-corrected chi connectivity index (χ2v) is 3.42. The van der Waals surface area contributed by atoms with Gasteiger partial charge in [-0.3, -0.25) is 0 Å². The fourth-order valence-electron chi connectivity index (χ4n) is 1.36. The summed E-state index contributed by atoms with van der Waals surface area (Å²) in [6.45, 7) is 6.16. The average molecular weight is 250 g/mol. The molecule has 0 bridgehead atoms. The van der Waals surface area contributed by atoms with Crippen molar-refractivity contribution in [2.24, 2.45) is 0 Å². The zero-order valence-electron chi connectivity index (χ0n) is 10.6. The van der Waals surface area contributed by atoms with Crippen molar-refractivity contribution in [3.63, 3.8) is 0 Å². The van der Waals surface area contributed by atoms with Gasteiger partial charge in [-0.15, -0.1) is 0 Å². The van der Waals surface area contributed by atoms with Gasteiger partial charge in [0.1, 0.15) is 5.69 Å². The van der Waals surface area contributed by atoms with Crippen LogP contribution < -0.4 is 10.6 Å². The lowest BCUT2D eigenvalue weighted by molar-refractivity contribution is 0.0514. The minimum absolute atomic E-state index is 0.344. The van der Waals surface area contributed by atoms with Crippen LogP contribution in [-0.4, -0.2) is 29.2 Å². The van der Waals surface area contributed by atoms with Gasteiger partial charge in [-0.25, -0.2) is 9.78 Å². The molecular formula is C12H18N4O2. The molecule has 0 saturated heterocycles. The molecule has 0 spiro atoms. The van der Waals surface area contributed by atoms with Gasteiger partial charge in [-0.05, 0) is 13.1 Å². The van der Waals surface area contributed by atoms with E-state index in [-0.39, 0.29) is 5.97 Å². The number of likely N-dealkylation sites (N-methyl/N-ethyl adjacent to an activating group) is 1. The maximum absolute atomic E-state index is 11.7. The number of hydrogen-bond donors (Lipinski definition) is 2. The molecule has 6 heteroatoms. The second kappa shape index (κ2) is 7.16. The van der Waals surface area contributed by atoms with Gasteiger partial charge in [0.05, 0.1) is 25.7 Å². The number of nitrogens with zero attached hydrogens (tertiary/aromatic N) is 2. The van der Waals surface area contributed by atoms with Gasteiger partial charge < -0.3 is 19.9 Å². The molecule has 0 radical (unpaired) electrons. The van der Waals surface area contributed by atoms with E-state index < -0.39 is 0 Å². The van der Waals surface area contributed by atoms with Crippen LogP contribution >= 0.6 is 0 Å². The predicted molar refractivity (Wildman–Crippen MR) is 68.7 cm³/mol. The number of carbonyl (C=O) groups is 1. The highest BCUT2D eigenvalue weighted by Crippen LogP contribution is 2.04. The Balaban J connectivity index is 2.81. The molecule has 0 aliphatic rings. The number of allylic oxidation sites excluding steroid dienone is 1. The van der Waals surface area contributed by atoms with Gasteiger partial charge in [0.15, 0.2) is 0 Å². The van der Waals surface area contributed by atoms with Crippen molar-refractivity contribution in [1.82, 2.24) is 20.2 Å². The Labute approximate surface area is 106 Å². The van der Waals surface area contributed by atoms with Crippen LogP contribution in [0.1, 0.15) is 17.4 Å². The number of carbonyl (C=O) groups excluding carboxylic acids is 1.